The fraction of sp³-hybridized carbons (Fsp3) is 0.346. The number of aliphatic hydroxyl groups excluding tert-OH is 2. The first-order valence-electron chi connectivity index (χ1n) is 12.6. The van der Waals surface area contributed by atoms with Crippen molar-refractivity contribution >= 4 is 46.0 Å². The van der Waals surface area contributed by atoms with Crippen molar-refractivity contribution in [1.29, 1.82) is 0 Å². The molecule has 1 aliphatic heterocycles. The molecule has 0 spiro atoms. The highest BCUT2D eigenvalue weighted by atomic mass is 35.5. The van der Waals surface area contributed by atoms with Gasteiger partial charge in [0.1, 0.15) is 23.6 Å². The van der Waals surface area contributed by atoms with Crippen molar-refractivity contribution in [2.45, 2.75) is 25.0 Å². The van der Waals surface area contributed by atoms with Crippen LogP contribution in [-0.4, -0.2) is 84.9 Å². The molecule has 3 N–H and O–H groups in total. The first-order chi connectivity index (χ1) is 19.2. The number of fused-ring (bicyclic) bond motifs is 1. The summed E-state index contributed by atoms with van der Waals surface area (Å²) in [4.78, 5) is 32.8. The number of amides is 1. The lowest BCUT2D eigenvalue weighted by Crippen LogP contribution is -2.35. The average molecular weight is 573 g/mol. The molecule has 40 heavy (non-hydrogen) atoms. The summed E-state index contributed by atoms with van der Waals surface area (Å²) in [7, 11) is 1.44. The number of likely N-dealkylation sites (N-methyl/N-ethyl adjacent to an activating group) is 1. The zero-order valence-electron chi connectivity index (χ0n) is 21.5. The Labute approximate surface area is 233 Å². The van der Waals surface area contributed by atoms with Crippen molar-refractivity contribution in [3.8, 4) is 0 Å². The largest absolute Gasteiger partial charge is 0.394 e. The van der Waals surface area contributed by atoms with Crippen LogP contribution in [0.25, 0.3) is 11.0 Å². The monoisotopic (exact) mass is 572 g/mol. The van der Waals surface area contributed by atoms with E-state index in [-0.39, 0.29) is 35.0 Å². The van der Waals surface area contributed by atoms with Crippen molar-refractivity contribution in [1.82, 2.24) is 29.4 Å². The van der Waals surface area contributed by atoms with Gasteiger partial charge in [-0.05, 0) is 31.0 Å². The number of carbonyl (C=O) groups excluding carboxylic acids is 1. The Morgan fingerprint density at radius 1 is 1.18 bits per heavy atom. The van der Waals surface area contributed by atoms with E-state index in [1.54, 1.807) is 17.0 Å². The second-order valence-corrected chi connectivity index (χ2v) is 10.0. The number of nitrogens with zero attached hydrogens (tertiary/aromatic N) is 7. The smallest absolute Gasteiger partial charge is 0.253 e. The summed E-state index contributed by atoms with van der Waals surface area (Å²) in [6.45, 7) is 0.709. The third-order valence-electron chi connectivity index (χ3n) is 6.82. The van der Waals surface area contributed by atoms with Gasteiger partial charge in [-0.2, -0.15) is 0 Å². The minimum atomic E-state index is -1.10. The quantitative estimate of drug-likeness (QED) is 0.291. The van der Waals surface area contributed by atoms with Gasteiger partial charge in [-0.15, -0.1) is 0 Å². The Morgan fingerprint density at radius 3 is 2.58 bits per heavy atom. The summed E-state index contributed by atoms with van der Waals surface area (Å²) < 4.78 is 32.0. The molecule has 0 bridgehead atoms. The normalized spacial score (nSPS) is 14.9. The van der Waals surface area contributed by atoms with Crippen molar-refractivity contribution in [3.63, 3.8) is 0 Å². The molecule has 1 amide bonds. The number of halogens is 3. The topological polar surface area (TPSA) is 133 Å². The van der Waals surface area contributed by atoms with Gasteiger partial charge in [0.2, 0.25) is 5.95 Å². The molecule has 1 atom stereocenters. The van der Waals surface area contributed by atoms with E-state index in [9.17, 15) is 14.3 Å². The first-order valence-corrected chi connectivity index (χ1v) is 13.0. The fourth-order valence-corrected chi connectivity index (χ4v) is 4.88. The van der Waals surface area contributed by atoms with E-state index >= 15 is 4.39 Å². The molecule has 210 valence electrons. The summed E-state index contributed by atoms with van der Waals surface area (Å²) in [5.41, 5.74) is 0.432. The fourth-order valence-electron chi connectivity index (χ4n) is 4.78. The zero-order chi connectivity index (χ0) is 28.4. The Balaban J connectivity index is 1.33. The van der Waals surface area contributed by atoms with Gasteiger partial charge >= 0.3 is 0 Å². The Morgan fingerprint density at radius 2 is 1.90 bits per heavy atom. The molecule has 4 aromatic rings. The van der Waals surface area contributed by atoms with Crippen LogP contribution in [0.1, 0.15) is 29.2 Å². The minimum Gasteiger partial charge on any atom is -0.394 e. The second-order valence-electron chi connectivity index (χ2n) is 9.57. The molecular formula is C26H27ClF2N8O3. The Bertz CT molecular complexity index is 1510. The lowest BCUT2D eigenvalue weighted by molar-refractivity contribution is 0.0520. The molecule has 0 radical (unpaired) electrons. The SMILES string of the molecule is CN(C[C@H](O)CO)C(=O)c1ccc(Nc2ncnc3c2c(F)cn3C2CCN(c3ncc(Cl)cn3)CC2)c(F)c1. The number of aliphatic hydroxyl groups is 2. The molecular weight excluding hydrogens is 546 g/mol. The van der Waals surface area contributed by atoms with Crippen LogP contribution in [0, 0.1) is 11.6 Å². The van der Waals surface area contributed by atoms with E-state index in [4.69, 9.17) is 16.7 Å². The number of rotatable bonds is 8. The van der Waals surface area contributed by atoms with Crippen LogP contribution < -0.4 is 10.2 Å². The van der Waals surface area contributed by atoms with E-state index in [1.165, 1.54) is 36.6 Å². The van der Waals surface area contributed by atoms with Crippen molar-refractivity contribution < 1.29 is 23.8 Å². The van der Waals surface area contributed by atoms with E-state index in [0.29, 0.717) is 42.5 Å². The van der Waals surface area contributed by atoms with Crippen LogP contribution in [0.5, 0.6) is 0 Å². The van der Waals surface area contributed by atoms with Crippen LogP contribution in [-0.2, 0) is 0 Å². The molecule has 5 rings (SSSR count). The van der Waals surface area contributed by atoms with Gasteiger partial charge in [-0.25, -0.2) is 28.7 Å². The number of piperidine rings is 1. The highest BCUT2D eigenvalue weighted by Gasteiger charge is 2.26. The van der Waals surface area contributed by atoms with Gasteiger partial charge in [-0.1, -0.05) is 11.6 Å². The summed E-state index contributed by atoms with van der Waals surface area (Å²) in [6.07, 6.45) is 6.08. The van der Waals surface area contributed by atoms with Crippen LogP contribution in [0.4, 0.5) is 26.2 Å². The maximum absolute atomic E-state index is 15.2. The molecule has 3 aromatic heterocycles. The van der Waals surface area contributed by atoms with Gasteiger partial charge < -0.3 is 29.9 Å². The van der Waals surface area contributed by atoms with E-state index in [0.717, 1.165) is 6.07 Å². The minimum absolute atomic E-state index is 0.00183. The highest BCUT2D eigenvalue weighted by molar-refractivity contribution is 6.30. The lowest BCUT2D eigenvalue weighted by Gasteiger charge is -2.32. The van der Waals surface area contributed by atoms with Crippen LogP contribution in [0.3, 0.4) is 0 Å². The molecule has 1 fully saturated rings. The van der Waals surface area contributed by atoms with Crippen molar-refractivity contribution in [2.75, 3.05) is 43.5 Å². The number of aromatic nitrogens is 5. The van der Waals surface area contributed by atoms with Crippen molar-refractivity contribution in [3.05, 3.63) is 65.3 Å². The number of benzene rings is 1. The second kappa shape index (κ2) is 11.7. The summed E-state index contributed by atoms with van der Waals surface area (Å²) in [5.74, 6) is -1.14. The van der Waals surface area contributed by atoms with Crippen molar-refractivity contribution in [2.24, 2.45) is 0 Å². The highest BCUT2D eigenvalue weighted by Crippen LogP contribution is 2.33. The third-order valence-corrected chi connectivity index (χ3v) is 7.02. The summed E-state index contributed by atoms with van der Waals surface area (Å²) >= 11 is 5.88. The lowest BCUT2D eigenvalue weighted by atomic mass is 10.1. The molecule has 14 heteroatoms. The van der Waals surface area contributed by atoms with E-state index < -0.39 is 30.3 Å². The standard InChI is InChI=1S/C26H27ClF2N8O3/c1-35(11-18(39)13-38)25(40)15-2-3-21(19(28)8-15)34-23-22-20(29)12-37(24(22)33-14-32-23)17-4-6-36(7-5-17)26-30-9-16(27)10-31-26/h2-3,8-10,12,14,17-18,38-39H,4-7,11,13H2,1H3,(H,32,33,34)/t18-/m0/s1. The number of anilines is 3. The maximum atomic E-state index is 15.2. The molecule has 11 nitrogen and oxygen atoms in total. The third kappa shape index (κ3) is 5.67. The Kier molecular flexibility index (Phi) is 8.05. The molecule has 0 unspecified atom stereocenters. The molecule has 4 heterocycles. The predicted molar refractivity (Wildman–Crippen MR) is 145 cm³/mol. The number of hydrogen-bond donors (Lipinski definition) is 3. The zero-order valence-corrected chi connectivity index (χ0v) is 22.3. The van der Waals surface area contributed by atoms with Crippen LogP contribution >= 0.6 is 11.6 Å². The Hall–Kier alpha value is -3.94. The molecule has 0 saturated carbocycles. The first kappa shape index (κ1) is 27.6. The average Bonchev–Trinajstić information content (AvgIpc) is 3.31. The molecule has 1 aromatic carbocycles. The number of carbonyl (C=O) groups is 1. The molecule has 1 aliphatic rings. The molecule has 1 saturated heterocycles. The molecule has 0 aliphatic carbocycles. The van der Waals surface area contributed by atoms with Crippen LogP contribution in [0.15, 0.2) is 43.1 Å². The van der Waals surface area contributed by atoms with Gasteiger partial charge in [0.15, 0.2) is 5.82 Å². The number of nitrogens with one attached hydrogen (secondary N) is 1. The summed E-state index contributed by atoms with van der Waals surface area (Å²) in [6, 6.07) is 3.79. The number of hydrogen-bond acceptors (Lipinski definition) is 9. The van der Waals surface area contributed by atoms with Gasteiger partial charge in [-0.3, -0.25) is 4.79 Å². The van der Waals surface area contributed by atoms with E-state index in [2.05, 4.69) is 25.3 Å². The summed E-state index contributed by atoms with van der Waals surface area (Å²) in [5, 5.41) is 22.0. The predicted octanol–water partition coefficient (Wildman–Crippen LogP) is 3.16. The van der Waals surface area contributed by atoms with Gasteiger partial charge in [0.05, 0.1) is 41.2 Å². The maximum Gasteiger partial charge on any atom is 0.253 e. The van der Waals surface area contributed by atoms with E-state index in [1.807, 2.05) is 4.90 Å². The van der Waals surface area contributed by atoms with Gasteiger partial charge in [0, 0.05) is 44.5 Å². The van der Waals surface area contributed by atoms with Crippen LogP contribution in [0.2, 0.25) is 5.02 Å². The van der Waals surface area contributed by atoms with Gasteiger partial charge in [0.25, 0.3) is 5.91 Å².